The summed E-state index contributed by atoms with van der Waals surface area (Å²) in [6.07, 6.45) is -6.59. The Hall–Kier alpha value is -3.09. The Kier molecular flexibility index (Phi) is 16.5. The standard InChI is InChI=1S/C30H54N4O13/c1-17(36)32-22-24(41)23(40)19(16-35)46-26(22)34-20(37)15-18(33-27(43)47-28(2,3)4)25(42)31-12-14-45-30(7,8)11-13-44-29(5,6)10-9-21(38)39/h18-19,22-24,26,35,40-41H,9-16H2,1-8H3,(H,31,42)(H,32,36)(H,33,43)(H,34,37)(H,38,39)/t18-,19?,22?,23?,24?,26?/m0/s1. The van der Waals surface area contributed by atoms with E-state index in [0.717, 1.165) is 6.92 Å². The third-order valence-electron chi connectivity index (χ3n) is 7.03. The van der Waals surface area contributed by atoms with E-state index in [1.807, 2.05) is 27.7 Å². The van der Waals surface area contributed by atoms with E-state index in [-0.39, 0.29) is 19.6 Å². The van der Waals surface area contributed by atoms with Crippen LogP contribution >= 0.6 is 0 Å². The van der Waals surface area contributed by atoms with Gasteiger partial charge in [0.15, 0.2) is 6.23 Å². The second kappa shape index (κ2) is 18.5. The molecule has 4 amide bonds. The third-order valence-corrected chi connectivity index (χ3v) is 7.03. The van der Waals surface area contributed by atoms with Gasteiger partial charge in [-0.3, -0.25) is 19.2 Å². The molecule has 1 aliphatic rings. The normalized spacial score (nSPS) is 22.5. The van der Waals surface area contributed by atoms with Crippen LogP contribution in [0.4, 0.5) is 4.79 Å². The zero-order chi connectivity index (χ0) is 36.2. The number of carbonyl (C=O) groups is 5. The van der Waals surface area contributed by atoms with Crippen LogP contribution in [-0.2, 0) is 38.1 Å². The Morgan fingerprint density at radius 3 is 2.02 bits per heavy atom. The van der Waals surface area contributed by atoms with Crippen molar-refractivity contribution in [1.29, 1.82) is 0 Å². The minimum absolute atomic E-state index is 0.0125. The molecule has 1 fully saturated rings. The fourth-order valence-corrected chi connectivity index (χ4v) is 4.45. The summed E-state index contributed by atoms with van der Waals surface area (Å²) in [6, 6.07) is -2.71. The van der Waals surface area contributed by atoms with Crippen molar-refractivity contribution in [3.63, 3.8) is 0 Å². The summed E-state index contributed by atoms with van der Waals surface area (Å²) < 4.78 is 22.5. The van der Waals surface area contributed by atoms with Gasteiger partial charge in [0.25, 0.3) is 0 Å². The summed E-state index contributed by atoms with van der Waals surface area (Å²) in [5, 5.41) is 48.9. The summed E-state index contributed by atoms with van der Waals surface area (Å²) in [4.78, 5) is 61.2. The maximum absolute atomic E-state index is 13.1. The van der Waals surface area contributed by atoms with Crippen LogP contribution in [0.3, 0.4) is 0 Å². The molecule has 5 unspecified atom stereocenters. The van der Waals surface area contributed by atoms with Gasteiger partial charge in [-0.25, -0.2) is 4.79 Å². The highest BCUT2D eigenvalue weighted by molar-refractivity contribution is 5.91. The van der Waals surface area contributed by atoms with Crippen molar-refractivity contribution >= 4 is 29.8 Å². The number of amides is 4. The quantitative estimate of drug-likeness (QED) is 0.0836. The first kappa shape index (κ1) is 41.9. The van der Waals surface area contributed by atoms with E-state index >= 15 is 0 Å². The molecule has 1 rings (SSSR count). The van der Waals surface area contributed by atoms with Crippen LogP contribution in [0.25, 0.3) is 0 Å². The van der Waals surface area contributed by atoms with Crippen LogP contribution in [0.2, 0.25) is 0 Å². The molecule has 0 radical (unpaired) electrons. The number of aliphatic hydroxyl groups excluding tert-OH is 3. The van der Waals surface area contributed by atoms with Gasteiger partial charge < -0.3 is 60.6 Å². The molecule has 272 valence electrons. The lowest BCUT2D eigenvalue weighted by molar-refractivity contribution is -0.203. The number of nitrogens with one attached hydrogen (secondary N) is 4. The first-order valence-electron chi connectivity index (χ1n) is 15.5. The van der Waals surface area contributed by atoms with E-state index in [1.54, 1.807) is 20.8 Å². The number of carboxylic acids is 1. The highest BCUT2D eigenvalue weighted by atomic mass is 16.6. The molecule has 47 heavy (non-hydrogen) atoms. The minimum atomic E-state index is -1.60. The van der Waals surface area contributed by atoms with Crippen molar-refractivity contribution < 1.29 is 63.3 Å². The van der Waals surface area contributed by atoms with Crippen LogP contribution < -0.4 is 21.3 Å². The number of alkyl carbamates (subject to hydrolysis) is 1. The number of hydrogen-bond donors (Lipinski definition) is 8. The first-order valence-corrected chi connectivity index (χ1v) is 15.5. The maximum atomic E-state index is 13.1. The van der Waals surface area contributed by atoms with Crippen LogP contribution in [-0.4, -0.2) is 130 Å². The van der Waals surface area contributed by atoms with Crippen LogP contribution in [0.5, 0.6) is 0 Å². The van der Waals surface area contributed by atoms with Gasteiger partial charge in [-0.05, 0) is 61.3 Å². The number of carbonyl (C=O) groups excluding carboxylic acids is 4. The van der Waals surface area contributed by atoms with Gasteiger partial charge in [0.2, 0.25) is 17.7 Å². The molecule has 0 aromatic carbocycles. The van der Waals surface area contributed by atoms with Gasteiger partial charge in [0.1, 0.15) is 36.0 Å². The smallest absolute Gasteiger partial charge is 0.408 e. The Bertz CT molecular complexity index is 1060. The predicted octanol–water partition coefficient (Wildman–Crippen LogP) is -0.709. The molecule has 1 aliphatic heterocycles. The number of aliphatic hydroxyl groups is 3. The van der Waals surface area contributed by atoms with Gasteiger partial charge in [0, 0.05) is 19.9 Å². The number of ether oxygens (including phenoxy) is 4. The van der Waals surface area contributed by atoms with Crippen LogP contribution in [0.1, 0.15) is 81.1 Å². The molecular formula is C30H54N4O13. The minimum Gasteiger partial charge on any atom is -0.481 e. The van der Waals surface area contributed by atoms with Crippen molar-refractivity contribution in [2.75, 3.05) is 26.4 Å². The molecule has 0 aliphatic carbocycles. The lowest BCUT2D eigenvalue weighted by atomic mass is 9.95. The molecule has 8 N–H and O–H groups in total. The average molecular weight is 679 g/mol. The van der Waals surface area contributed by atoms with Crippen molar-refractivity contribution in [1.82, 2.24) is 21.3 Å². The summed E-state index contributed by atoms with van der Waals surface area (Å²) in [5.41, 5.74) is -2.18. The van der Waals surface area contributed by atoms with Crippen molar-refractivity contribution in [3.05, 3.63) is 0 Å². The van der Waals surface area contributed by atoms with E-state index in [2.05, 4.69) is 21.3 Å². The summed E-state index contributed by atoms with van der Waals surface area (Å²) in [6.45, 7) is 13.0. The number of aliphatic carboxylic acids is 1. The summed E-state index contributed by atoms with van der Waals surface area (Å²) in [5.74, 6) is -3.05. The van der Waals surface area contributed by atoms with Crippen molar-refractivity contribution in [3.8, 4) is 0 Å². The Balaban J connectivity index is 2.83. The lowest BCUT2D eigenvalue weighted by Gasteiger charge is -2.42. The Labute approximate surface area is 275 Å². The topological polar surface area (TPSA) is 251 Å². The molecular weight excluding hydrogens is 624 g/mol. The maximum Gasteiger partial charge on any atom is 0.408 e. The second-order valence-electron chi connectivity index (χ2n) is 13.6. The highest BCUT2D eigenvalue weighted by Gasteiger charge is 2.45. The van der Waals surface area contributed by atoms with Crippen molar-refractivity contribution in [2.45, 2.75) is 134 Å². The van der Waals surface area contributed by atoms with Gasteiger partial charge in [-0.1, -0.05) is 0 Å². The van der Waals surface area contributed by atoms with Crippen LogP contribution in [0, 0.1) is 0 Å². The highest BCUT2D eigenvalue weighted by Crippen LogP contribution is 2.22. The van der Waals surface area contributed by atoms with E-state index in [0.29, 0.717) is 19.4 Å². The Morgan fingerprint density at radius 2 is 1.47 bits per heavy atom. The van der Waals surface area contributed by atoms with E-state index in [1.165, 1.54) is 0 Å². The molecule has 0 aromatic heterocycles. The third kappa shape index (κ3) is 16.5. The number of hydrogen-bond acceptors (Lipinski definition) is 12. The monoisotopic (exact) mass is 678 g/mol. The van der Waals surface area contributed by atoms with Crippen molar-refractivity contribution in [2.24, 2.45) is 0 Å². The SMILES string of the molecule is CC(=O)NC1C(NC(=O)C[C@H](NC(=O)OC(C)(C)C)C(=O)NCCOC(C)(C)CCOC(C)(C)CCC(=O)O)OC(CO)C(O)C1O. The average Bonchev–Trinajstić information content (AvgIpc) is 2.92. The fraction of sp³-hybridized carbons (Fsp3) is 0.833. The van der Waals surface area contributed by atoms with Gasteiger partial charge in [-0.2, -0.15) is 0 Å². The summed E-state index contributed by atoms with van der Waals surface area (Å²) in [7, 11) is 0. The van der Waals surface area contributed by atoms with Gasteiger partial charge in [0.05, 0.1) is 37.4 Å². The molecule has 1 heterocycles. The predicted molar refractivity (Wildman–Crippen MR) is 166 cm³/mol. The van der Waals surface area contributed by atoms with Gasteiger partial charge >= 0.3 is 12.1 Å². The lowest BCUT2D eigenvalue weighted by Crippen LogP contribution is -2.68. The first-order chi connectivity index (χ1) is 21.6. The van der Waals surface area contributed by atoms with E-state index < -0.39 is 96.2 Å². The molecule has 0 aromatic rings. The molecule has 1 saturated heterocycles. The molecule has 0 saturated carbocycles. The van der Waals surface area contributed by atoms with Gasteiger partial charge in [-0.15, -0.1) is 0 Å². The second-order valence-corrected chi connectivity index (χ2v) is 13.6. The zero-order valence-corrected chi connectivity index (χ0v) is 28.6. The van der Waals surface area contributed by atoms with E-state index in [9.17, 15) is 39.3 Å². The van der Waals surface area contributed by atoms with E-state index in [4.69, 9.17) is 24.1 Å². The molecule has 17 nitrogen and oxygen atoms in total. The zero-order valence-electron chi connectivity index (χ0n) is 28.6. The fourth-order valence-electron chi connectivity index (χ4n) is 4.45. The number of rotatable bonds is 18. The van der Waals surface area contributed by atoms with Crippen LogP contribution in [0.15, 0.2) is 0 Å². The molecule has 6 atom stereocenters. The Morgan fingerprint density at radius 1 is 0.872 bits per heavy atom. The molecule has 0 bridgehead atoms. The molecule has 0 spiro atoms. The summed E-state index contributed by atoms with van der Waals surface area (Å²) >= 11 is 0. The number of carboxylic acid groups (broad SMARTS) is 1. The molecule has 17 heteroatoms. The largest absolute Gasteiger partial charge is 0.481 e.